The third-order valence-electron chi connectivity index (χ3n) is 6.27. The number of aryl methyl sites for hydroxylation is 2. The first-order valence-corrected chi connectivity index (χ1v) is 10.6. The number of nitrogens with zero attached hydrogens (tertiary/aromatic N) is 1. The van der Waals surface area contributed by atoms with Gasteiger partial charge in [0.15, 0.2) is 12.4 Å². The quantitative estimate of drug-likeness (QED) is 0.714. The molecule has 0 radical (unpaired) electrons. The van der Waals surface area contributed by atoms with E-state index in [0.29, 0.717) is 48.7 Å². The zero-order valence-corrected chi connectivity index (χ0v) is 18.3. The maximum absolute atomic E-state index is 12.8. The van der Waals surface area contributed by atoms with Gasteiger partial charge in [0.1, 0.15) is 17.1 Å². The maximum Gasteiger partial charge on any atom is 0.260 e. The molecule has 1 spiro atoms. The Kier molecular flexibility index (Phi) is 5.49. The molecule has 1 saturated heterocycles. The van der Waals surface area contributed by atoms with Crippen LogP contribution in [0.1, 0.15) is 46.3 Å². The Morgan fingerprint density at radius 1 is 1.17 bits per heavy atom. The van der Waals surface area contributed by atoms with E-state index >= 15 is 0 Å². The molecular formula is C24H26ClNO4. The van der Waals surface area contributed by atoms with E-state index in [1.54, 1.807) is 11.0 Å². The number of amides is 1. The van der Waals surface area contributed by atoms with Crippen molar-refractivity contribution in [2.45, 2.75) is 45.6 Å². The van der Waals surface area contributed by atoms with Crippen molar-refractivity contribution < 1.29 is 19.1 Å². The molecule has 0 unspecified atom stereocenters. The number of ketones is 1. The molecule has 1 amide bonds. The molecule has 2 heterocycles. The summed E-state index contributed by atoms with van der Waals surface area (Å²) in [5.41, 5.74) is 3.06. The zero-order valence-electron chi connectivity index (χ0n) is 17.6. The molecule has 0 atom stereocenters. The largest absolute Gasteiger partial charge is 0.486 e. The number of hydrogen-bond donors (Lipinski definition) is 0. The summed E-state index contributed by atoms with van der Waals surface area (Å²) >= 11 is 6.11. The van der Waals surface area contributed by atoms with Gasteiger partial charge in [0, 0.05) is 31.0 Å². The van der Waals surface area contributed by atoms with Crippen LogP contribution in [0.25, 0.3) is 0 Å². The molecule has 4 rings (SSSR count). The molecule has 2 aromatic rings. The fraction of sp³-hybridized carbons (Fsp3) is 0.417. The Balaban J connectivity index is 1.39. The smallest absolute Gasteiger partial charge is 0.260 e. The van der Waals surface area contributed by atoms with Crippen LogP contribution >= 0.6 is 11.6 Å². The molecule has 158 valence electrons. The second-order valence-corrected chi connectivity index (χ2v) is 8.79. The average molecular weight is 428 g/mol. The van der Waals surface area contributed by atoms with Gasteiger partial charge in [-0.05, 0) is 55.7 Å². The van der Waals surface area contributed by atoms with Crippen molar-refractivity contribution in [2.24, 2.45) is 0 Å². The fourth-order valence-corrected chi connectivity index (χ4v) is 4.54. The molecule has 0 bridgehead atoms. The van der Waals surface area contributed by atoms with Gasteiger partial charge in [0.25, 0.3) is 5.91 Å². The number of fused-ring (bicyclic) bond motifs is 1. The molecule has 30 heavy (non-hydrogen) atoms. The summed E-state index contributed by atoms with van der Waals surface area (Å²) in [7, 11) is 0. The Hall–Kier alpha value is -2.53. The van der Waals surface area contributed by atoms with Gasteiger partial charge in [-0.2, -0.15) is 0 Å². The topological polar surface area (TPSA) is 55.8 Å². The van der Waals surface area contributed by atoms with Crippen molar-refractivity contribution in [1.82, 2.24) is 4.90 Å². The van der Waals surface area contributed by atoms with Crippen molar-refractivity contribution >= 4 is 23.3 Å². The van der Waals surface area contributed by atoms with Gasteiger partial charge in [-0.15, -0.1) is 0 Å². The van der Waals surface area contributed by atoms with Gasteiger partial charge < -0.3 is 14.4 Å². The second-order valence-electron chi connectivity index (χ2n) is 8.35. The molecular weight excluding hydrogens is 402 g/mol. The first-order valence-electron chi connectivity index (χ1n) is 10.3. The molecule has 5 nitrogen and oxygen atoms in total. The lowest BCUT2D eigenvalue weighted by Crippen LogP contribution is -2.53. The highest BCUT2D eigenvalue weighted by molar-refractivity contribution is 6.31. The van der Waals surface area contributed by atoms with Crippen molar-refractivity contribution in [3.8, 4) is 11.5 Å². The van der Waals surface area contributed by atoms with Crippen LogP contribution in [0.3, 0.4) is 0 Å². The molecule has 2 aliphatic rings. The van der Waals surface area contributed by atoms with Crippen LogP contribution in [-0.4, -0.2) is 41.9 Å². The number of halogens is 1. The summed E-state index contributed by atoms with van der Waals surface area (Å²) in [6, 6.07) is 9.33. The zero-order chi connectivity index (χ0) is 21.5. The van der Waals surface area contributed by atoms with E-state index in [1.807, 2.05) is 45.0 Å². The van der Waals surface area contributed by atoms with E-state index < -0.39 is 5.60 Å². The normalized spacial score (nSPS) is 17.5. The summed E-state index contributed by atoms with van der Waals surface area (Å²) < 4.78 is 12.1. The van der Waals surface area contributed by atoms with Crippen molar-refractivity contribution in [3.05, 3.63) is 57.6 Å². The van der Waals surface area contributed by atoms with Gasteiger partial charge in [-0.25, -0.2) is 0 Å². The lowest BCUT2D eigenvalue weighted by Gasteiger charge is -2.44. The molecule has 0 aromatic heterocycles. The van der Waals surface area contributed by atoms with E-state index in [4.69, 9.17) is 21.1 Å². The Labute approximate surface area is 181 Å². The first-order chi connectivity index (χ1) is 14.3. The fourth-order valence-electron chi connectivity index (χ4n) is 4.27. The van der Waals surface area contributed by atoms with E-state index in [1.165, 1.54) is 0 Å². The van der Waals surface area contributed by atoms with Gasteiger partial charge in [0.05, 0.1) is 12.0 Å². The number of rotatable bonds is 3. The molecule has 0 aliphatic carbocycles. The van der Waals surface area contributed by atoms with Crippen LogP contribution in [0.2, 0.25) is 5.02 Å². The molecule has 2 aliphatic heterocycles. The number of hydrogen-bond acceptors (Lipinski definition) is 4. The summed E-state index contributed by atoms with van der Waals surface area (Å²) in [5.74, 6) is 1.38. The van der Waals surface area contributed by atoms with Crippen molar-refractivity contribution in [3.63, 3.8) is 0 Å². The van der Waals surface area contributed by atoms with Crippen LogP contribution in [0.15, 0.2) is 30.3 Å². The number of likely N-dealkylation sites (tertiary alicyclic amines) is 1. The van der Waals surface area contributed by atoms with Gasteiger partial charge in [-0.1, -0.05) is 23.7 Å². The molecule has 2 aromatic carbocycles. The van der Waals surface area contributed by atoms with Crippen LogP contribution in [-0.2, 0) is 4.79 Å². The molecule has 0 N–H and O–H groups in total. The molecule has 6 heteroatoms. The Bertz CT molecular complexity index is 1010. The van der Waals surface area contributed by atoms with Crippen LogP contribution < -0.4 is 9.47 Å². The van der Waals surface area contributed by atoms with E-state index in [2.05, 4.69) is 0 Å². The van der Waals surface area contributed by atoms with E-state index in [0.717, 1.165) is 22.4 Å². The number of Topliss-reactive ketones (excluding diaryl/α,β-unsaturated/α-hetero) is 1. The number of carbonyl (C=O) groups is 2. The number of ether oxygens (including phenoxy) is 2. The van der Waals surface area contributed by atoms with Crippen molar-refractivity contribution in [1.29, 1.82) is 0 Å². The number of piperidine rings is 1. The van der Waals surface area contributed by atoms with Gasteiger partial charge >= 0.3 is 0 Å². The Morgan fingerprint density at radius 2 is 1.90 bits per heavy atom. The second kappa shape index (κ2) is 7.95. The highest BCUT2D eigenvalue weighted by Crippen LogP contribution is 2.42. The highest BCUT2D eigenvalue weighted by Gasteiger charge is 2.44. The average Bonchev–Trinajstić information content (AvgIpc) is 2.70. The number of carbonyl (C=O) groups excluding carboxylic acids is 2. The predicted molar refractivity (Wildman–Crippen MR) is 116 cm³/mol. The van der Waals surface area contributed by atoms with E-state index in [9.17, 15) is 9.59 Å². The summed E-state index contributed by atoms with van der Waals surface area (Å²) in [5, 5.41) is 0.545. The van der Waals surface area contributed by atoms with Crippen LogP contribution in [0.4, 0.5) is 0 Å². The van der Waals surface area contributed by atoms with Crippen molar-refractivity contribution in [2.75, 3.05) is 19.7 Å². The monoisotopic (exact) mass is 427 g/mol. The SMILES string of the molecule is Cc1cccc(OCC(=O)N2CCC3(CC2)CC(=O)c2cc(Cl)cc(C)c2O3)c1C. The van der Waals surface area contributed by atoms with Gasteiger partial charge in [-0.3, -0.25) is 9.59 Å². The molecule has 1 fully saturated rings. The van der Waals surface area contributed by atoms with Gasteiger partial charge in [0.2, 0.25) is 0 Å². The standard InChI is InChI=1S/C24H26ClNO4/c1-15-5-4-6-21(17(15)3)29-14-22(28)26-9-7-24(8-10-26)13-20(27)19-12-18(25)11-16(2)23(19)30-24/h4-6,11-12H,7-10,13-14H2,1-3H3. The van der Waals surface area contributed by atoms with Crippen LogP contribution in [0.5, 0.6) is 11.5 Å². The summed E-state index contributed by atoms with van der Waals surface area (Å²) in [6.45, 7) is 7.02. The minimum Gasteiger partial charge on any atom is -0.486 e. The Morgan fingerprint density at radius 3 is 2.63 bits per heavy atom. The minimum absolute atomic E-state index is 0.0114. The number of benzene rings is 2. The third-order valence-corrected chi connectivity index (χ3v) is 6.49. The first kappa shape index (κ1) is 20.7. The summed E-state index contributed by atoms with van der Waals surface area (Å²) in [6.07, 6.45) is 1.56. The lowest BCUT2D eigenvalue weighted by atomic mass is 9.82. The van der Waals surface area contributed by atoms with Crippen LogP contribution in [0, 0.1) is 20.8 Å². The predicted octanol–water partition coefficient (Wildman–Crippen LogP) is 4.67. The highest BCUT2D eigenvalue weighted by atomic mass is 35.5. The minimum atomic E-state index is -0.548. The molecule has 0 saturated carbocycles. The third kappa shape index (κ3) is 3.91. The van der Waals surface area contributed by atoms with E-state index in [-0.39, 0.29) is 18.3 Å². The summed E-state index contributed by atoms with van der Waals surface area (Å²) in [4.78, 5) is 27.2. The lowest BCUT2D eigenvalue weighted by molar-refractivity contribution is -0.136. The maximum atomic E-state index is 12.8.